The van der Waals surface area contributed by atoms with Crippen LogP contribution >= 0.6 is 0 Å². The molecule has 0 fully saturated rings. The molecular formula is C12H19NO2. The van der Waals surface area contributed by atoms with Crippen LogP contribution in [-0.4, -0.2) is 26.5 Å². The monoisotopic (exact) mass is 209 g/mol. The molecule has 0 aliphatic rings. The molecule has 1 aromatic rings. The zero-order chi connectivity index (χ0) is 11.5. The Hall–Kier alpha value is -1.16. The van der Waals surface area contributed by atoms with Gasteiger partial charge in [-0.2, -0.15) is 0 Å². The average molecular weight is 209 g/mol. The van der Waals surface area contributed by atoms with Crippen molar-refractivity contribution in [2.45, 2.75) is 6.42 Å². The van der Waals surface area contributed by atoms with Crippen LogP contribution in [0.1, 0.15) is 5.56 Å². The van der Waals surface area contributed by atoms with E-state index >= 15 is 0 Å². The molecule has 0 aliphatic carbocycles. The molecule has 0 atom stereocenters. The van der Waals surface area contributed by atoms with Crippen LogP contribution in [0.25, 0.3) is 0 Å². The van der Waals surface area contributed by atoms with Crippen molar-refractivity contribution >= 4 is 0 Å². The van der Waals surface area contributed by atoms with E-state index in [4.69, 9.17) is 0 Å². The number of hydrogen-bond donors (Lipinski definition) is 0. The maximum atomic E-state index is 4.51. The van der Waals surface area contributed by atoms with Gasteiger partial charge in [0, 0.05) is 7.05 Å². The fourth-order valence-electron chi connectivity index (χ4n) is 0.855. The molecule has 0 radical (unpaired) electrons. The molecule has 0 N–H and O–H groups in total. The molecule has 0 amide bonds. The van der Waals surface area contributed by atoms with Crippen LogP contribution in [0.4, 0.5) is 0 Å². The van der Waals surface area contributed by atoms with Gasteiger partial charge >= 0.3 is 0 Å². The maximum absolute atomic E-state index is 4.51. The predicted molar refractivity (Wildman–Crippen MR) is 62.1 cm³/mol. The zero-order valence-electron chi connectivity index (χ0n) is 9.64. The zero-order valence-corrected chi connectivity index (χ0v) is 9.64. The van der Waals surface area contributed by atoms with Crippen molar-refractivity contribution in [1.82, 2.24) is 5.23 Å². The fourth-order valence-corrected chi connectivity index (χ4v) is 0.855. The molecule has 0 aliphatic heterocycles. The molecule has 1 rings (SSSR count). The summed E-state index contributed by atoms with van der Waals surface area (Å²) < 4.78 is 0. The van der Waals surface area contributed by atoms with Gasteiger partial charge in [-0.1, -0.05) is 41.6 Å². The number of hydrogen-bond acceptors (Lipinski definition) is 3. The lowest BCUT2D eigenvalue weighted by atomic mass is 10.2. The minimum Gasteiger partial charge on any atom is -0.278 e. The van der Waals surface area contributed by atoms with Crippen molar-refractivity contribution in [1.29, 1.82) is 0 Å². The quantitative estimate of drug-likeness (QED) is 0.561. The Morgan fingerprint density at radius 3 is 2.07 bits per heavy atom. The smallest absolute Gasteiger partial charge is 0.0601 e. The summed E-state index contributed by atoms with van der Waals surface area (Å²) in [5.74, 6) is 0. The molecule has 0 saturated carbocycles. The van der Waals surface area contributed by atoms with Crippen LogP contribution in [0.2, 0.25) is 0 Å². The molecule has 0 bridgehead atoms. The van der Waals surface area contributed by atoms with Crippen molar-refractivity contribution in [2.75, 3.05) is 21.3 Å². The van der Waals surface area contributed by atoms with Crippen LogP contribution in [0.5, 0.6) is 0 Å². The largest absolute Gasteiger partial charge is 0.278 e. The van der Waals surface area contributed by atoms with E-state index in [2.05, 4.69) is 28.4 Å². The summed E-state index contributed by atoms with van der Waals surface area (Å²) in [5.41, 5.74) is 1.33. The van der Waals surface area contributed by atoms with Gasteiger partial charge in [-0.3, -0.25) is 9.68 Å². The van der Waals surface area contributed by atoms with E-state index in [1.807, 2.05) is 24.3 Å². The Balaban J connectivity index is 0.000000288. The highest BCUT2D eigenvalue weighted by Gasteiger charge is 1.82. The third kappa shape index (κ3) is 7.88. The first kappa shape index (κ1) is 13.8. The van der Waals surface area contributed by atoms with Crippen molar-refractivity contribution in [2.24, 2.45) is 0 Å². The van der Waals surface area contributed by atoms with E-state index in [-0.39, 0.29) is 0 Å². The van der Waals surface area contributed by atoms with Crippen molar-refractivity contribution in [3.05, 3.63) is 48.6 Å². The highest BCUT2D eigenvalue weighted by atomic mass is 16.9. The summed E-state index contributed by atoms with van der Waals surface area (Å²) in [5, 5.41) is 1.25. The lowest BCUT2D eigenvalue weighted by molar-refractivity contribution is -0.325. The van der Waals surface area contributed by atoms with E-state index in [9.17, 15) is 0 Å². The average Bonchev–Trinajstić information content (AvgIpc) is 2.31. The minimum absolute atomic E-state index is 0.973. The first-order valence-electron chi connectivity index (χ1n) is 4.71. The summed E-state index contributed by atoms with van der Waals surface area (Å²) in [6.45, 7) is 3.66. The minimum atomic E-state index is 0.973. The van der Waals surface area contributed by atoms with Gasteiger partial charge in [-0.25, -0.2) is 0 Å². The maximum Gasteiger partial charge on any atom is 0.0601 e. The second-order valence-electron chi connectivity index (χ2n) is 2.78. The van der Waals surface area contributed by atoms with Gasteiger partial charge in [-0.15, -0.1) is 6.58 Å². The third-order valence-corrected chi connectivity index (χ3v) is 1.74. The van der Waals surface area contributed by atoms with Gasteiger partial charge in [0.05, 0.1) is 14.2 Å². The Morgan fingerprint density at radius 1 is 1.20 bits per heavy atom. The van der Waals surface area contributed by atoms with Crippen molar-refractivity contribution in [3.63, 3.8) is 0 Å². The van der Waals surface area contributed by atoms with Crippen LogP contribution in [0.3, 0.4) is 0 Å². The molecule has 0 unspecified atom stereocenters. The van der Waals surface area contributed by atoms with Crippen molar-refractivity contribution < 1.29 is 9.68 Å². The second kappa shape index (κ2) is 9.40. The predicted octanol–water partition coefficient (Wildman–Crippen LogP) is 2.46. The molecule has 0 saturated heterocycles. The van der Waals surface area contributed by atoms with Gasteiger partial charge in [0.2, 0.25) is 0 Å². The van der Waals surface area contributed by atoms with Crippen LogP contribution in [0, 0.1) is 0 Å². The van der Waals surface area contributed by atoms with Crippen molar-refractivity contribution in [3.8, 4) is 0 Å². The normalized spacial score (nSPS) is 9.33. The summed E-state index contributed by atoms with van der Waals surface area (Å²) >= 11 is 0. The summed E-state index contributed by atoms with van der Waals surface area (Å²) in [6, 6.07) is 10.3. The molecule has 0 aromatic heterocycles. The van der Waals surface area contributed by atoms with Gasteiger partial charge < -0.3 is 0 Å². The van der Waals surface area contributed by atoms with E-state index in [1.54, 1.807) is 7.05 Å². The van der Waals surface area contributed by atoms with Gasteiger partial charge in [0.1, 0.15) is 0 Å². The number of rotatable bonds is 4. The van der Waals surface area contributed by atoms with Crippen LogP contribution in [0.15, 0.2) is 43.0 Å². The van der Waals surface area contributed by atoms with Crippen LogP contribution in [-0.2, 0) is 16.1 Å². The van der Waals surface area contributed by atoms with E-state index in [1.165, 1.54) is 25.0 Å². The summed E-state index contributed by atoms with van der Waals surface area (Å²) in [7, 11) is 4.73. The third-order valence-electron chi connectivity index (χ3n) is 1.74. The van der Waals surface area contributed by atoms with Gasteiger partial charge in [0.25, 0.3) is 0 Å². The summed E-state index contributed by atoms with van der Waals surface area (Å²) in [6.07, 6.45) is 2.89. The van der Waals surface area contributed by atoms with E-state index in [0.717, 1.165) is 6.42 Å². The van der Waals surface area contributed by atoms with Gasteiger partial charge in [-0.05, 0) is 12.0 Å². The Labute approximate surface area is 91.8 Å². The SMILES string of the molecule is C=CCc1ccccc1.CON(C)OC. The molecule has 15 heavy (non-hydrogen) atoms. The first-order valence-corrected chi connectivity index (χ1v) is 4.71. The van der Waals surface area contributed by atoms with E-state index in [0.29, 0.717) is 0 Å². The molecule has 1 aromatic carbocycles. The molecule has 0 spiro atoms. The van der Waals surface area contributed by atoms with Crippen LogP contribution < -0.4 is 0 Å². The number of hydroxylamine groups is 2. The lowest BCUT2D eigenvalue weighted by Gasteiger charge is -2.06. The first-order chi connectivity index (χ1) is 7.24. The fraction of sp³-hybridized carbons (Fsp3) is 0.333. The Morgan fingerprint density at radius 2 is 1.73 bits per heavy atom. The highest BCUT2D eigenvalue weighted by molar-refractivity contribution is 5.16. The summed E-state index contributed by atoms with van der Waals surface area (Å²) in [4.78, 5) is 9.02. The highest BCUT2D eigenvalue weighted by Crippen LogP contribution is 1.98. The molecule has 84 valence electrons. The number of nitrogens with zero attached hydrogens (tertiary/aromatic N) is 1. The number of allylic oxidation sites excluding steroid dienone is 1. The molecule has 3 heteroatoms. The standard InChI is InChI=1S/C9H10.C3H9NO2/c1-2-6-9-7-4-3-5-8-9;1-4(5-2)6-3/h2-5,7-8H,1,6H2;1-3H3. The Kier molecular flexibility index (Phi) is 8.67. The molecule has 0 heterocycles. The Bertz CT molecular complexity index is 245. The number of benzene rings is 1. The second-order valence-corrected chi connectivity index (χ2v) is 2.78. The van der Waals surface area contributed by atoms with E-state index < -0.39 is 0 Å². The molecular weight excluding hydrogens is 190 g/mol. The van der Waals surface area contributed by atoms with Gasteiger partial charge in [0.15, 0.2) is 0 Å². The lowest BCUT2D eigenvalue weighted by Crippen LogP contribution is -2.13. The molecule has 3 nitrogen and oxygen atoms in total. The topological polar surface area (TPSA) is 21.7 Å².